The summed E-state index contributed by atoms with van der Waals surface area (Å²) in [7, 11) is 0. The monoisotopic (exact) mass is 269 g/mol. The minimum atomic E-state index is -2.03. The highest BCUT2D eigenvalue weighted by Gasteiger charge is 2.29. The van der Waals surface area contributed by atoms with Crippen LogP contribution in [0.2, 0.25) is 0 Å². The van der Waals surface area contributed by atoms with Crippen LogP contribution in [0.1, 0.15) is 13.8 Å². The molecule has 3 nitrogen and oxygen atoms in total. The lowest BCUT2D eigenvalue weighted by Crippen LogP contribution is -2.31. The Kier molecular flexibility index (Phi) is 5.95. The fraction of sp³-hybridized carbons (Fsp3) is 0.333. The molecule has 0 aromatic heterocycles. The molecule has 0 aliphatic heterocycles. The Morgan fingerprint density at radius 1 is 1.27 bits per heavy atom. The first kappa shape index (κ1) is 14.5. The van der Waals surface area contributed by atoms with E-state index in [9.17, 15) is 9.59 Å². The molecule has 0 aliphatic carbocycles. The number of amides is 1. The van der Waals surface area contributed by atoms with Gasteiger partial charge in [0.05, 0.1) is 0 Å². The molecule has 0 radical (unpaired) electrons. The van der Waals surface area contributed by atoms with Gasteiger partial charge in [0.1, 0.15) is 0 Å². The summed E-state index contributed by atoms with van der Waals surface area (Å²) in [5.41, 5.74) is 0.320. The quantitative estimate of drug-likeness (QED) is 0.487. The summed E-state index contributed by atoms with van der Waals surface area (Å²) in [5.74, 6) is -1.01. The van der Waals surface area contributed by atoms with Gasteiger partial charge < -0.3 is 5.32 Å². The van der Waals surface area contributed by atoms with Crippen molar-refractivity contribution in [2.24, 2.45) is 0 Å². The molecule has 15 heavy (non-hydrogen) atoms. The summed E-state index contributed by atoms with van der Waals surface area (Å²) in [6.07, 6.45) is 4.41. The summed E-state index contributed by atoms with van der Waals surface area (Å²) in [6.45, 7) is 3.11. The number of ketones is 1. The van der Waals surface area contributed by atoms with Crippen molar-refractivity contribution in [2.75, 3.05) is 0 Å². The zero-order chi connectivity index (χ0) is 12.1. The third-order valence-electron chi connectivity index (χ3n) is 1.37. The van der Waals surface area contributed by atoms with Crippen LogP contribution in [0.3, 0.4) is 0 Å². The van der Waals surface area contributed by atoms with Crippen LogP contribution >= 0.6 is 34.8 Å². The SMILES string of the molecule is C/C=C/C(=C\NC(=O)C(Cl)(Cl)Cl)C(C)=O. The zero-order valence-corrected chi connectivity index (χ0v) is 10.5. The second kappa shape index (κ2) is 6.16. The number of carbonyl (C=O) groups is 2. The van der Waals surface area contributed by atoms with Gasteiger partial charge >= 0.3 is 0 Å². The van der Waals surface area contributed by atoms with Crippen molar-refractivity contribution in [3.8, 4) is 0 Å². The maximum absolute atomic E-state index is 11.1. The number of hydrogen-bond donors (Lipinski definition) is 1. The number of halogens is 3. The molecule has 0 atom stereocenters. The molecule has 0 saturated heterocycles. The van der Waals surface area contributed by atoms with E-state index in [4.69, 9.17) is 34.8 Å². The molecule has 84 valence electrons. The number of allylic oxidation sites excluding steroid dienone is 3. The van der Waals surface area contributed by atoms with Crippen LogP contribution in [0.4, 0.5) is 0 Å². The van der Waals surface area contributed by atoms with E-state index in [0.29, 0.717) is 5.57 Å². The predicted octanol–water partition coefficient (Wildman–Crippen LogP) is 2.52. The lowest BCUT2D eigenvalue weighted by molar-refractivity contribution is -0.119. The maximum atomic E-state index is 11.1. The summed E-state index contributed by atoms with van der Waals surface area (Å²) < 4.78 is -2.03. The molecule has 0 rings (SSSR count). The van der Waals surface area contributed by atoms with Crippen molar-refractivity contribution >= 4 is 46.5 Å². The van der Waals surface area contributed by atoms with Gasteiger partial charge in [-0.1, -0.05) is 47.0 Å². The Balaban J connectivity index is 4.62. The Morgan fingerprint density at radius 2 is 1.80 bits per heavy atom. The van der Waals surface area contributed by atoms with E-state index in [1.165, 1.54) is 13.1 Å². The van der Waals surface area contributed by atoms with Crippen LogP contribution in [-0.2, 0) is 9.59 Å². The van der Waals surface area contributed by atoms with Gasteiger partial charge in [0, 0.05) is 11.8 Å². The van der Waals surface area contributed by atoms with E-state index in [2.05, 4.69) is 5.32 Å². The van der Waals surface area contributed by atoms with Crippen LogP contribution in [-0.4, -0.2) is 15.5 Å². The fourth-order valence-corrected chi connectivity index (χ4v) is 0.835. The molecule has 0 heterocycles. The predicted molar refractivity (Wildman–Crippen MR) is 62.0 cm³/mol. The molecular formula is C9H10Cl3NO2. The molecular weight excluding hydrogens is 260 g/mol. The second-order valence-electron chi connectivity index (χ2n) is 2.63. The van der Waals surface area contributed by atoms with E-state index >= 15 is 0 Å². The molecule has 0 unspecified atom stereocenters. The van der Waals surface area contributed by atoms with Crippen molar-refractivity contribution in [1.29, 1.82) is 0 Å². The molecule has 0 aliphatic rings. The minimum Gasteiger partial charge on any atom is -0.328 e. The fourth-order valence-electron chi connectivity index (χ4n) is 0.672. The highest BCUT2D eigenvalue weighted by molar-refractivity contribution is 6.76. The van der Waals surface area contributed by atoms with Gasteiger partial charge in [-0.15, -0.1) is 0 Å². The average molecular weight is 271 g/mol. The van der Waals surface area contributed by atoms with Crippen LogP contribution in [0.5, 0.6) is 0 Å². The second-order valence-corrected chi connectivity index (χ2v) is 4.91. The van der Waals surface area contributed by atoms with Crippen molar-refractivity contribution in [3.63, 3.8) is 0 Å². The highest BCUT2D eigenvalue weighted by Crippen LogP contribution is 2.25. The summed E-state index contributed by atoms with van der Waals surface area (Å²) in [5, 5.41) is 2.22. The van der Waals surface area contributed by atoms with Gasteiger partial charge in [-0.25, -0.2) is 0 Å². The van der Waals surface area contributed by atoms with Gasteiger partial charge in [-0.05, 0) is 13.8 Å². The van der Waals surface area contributed by atoms with Gasteiger partial charge in [0.15, 0.2) is 5.78 Å². The third-order valence-corrected chi connectivity index (χ3v) is 1.88. The summed E-state index contributed by atoms with van der Waals surface area (Å²) in [4.78, 5) is 22.1. The number of Topliss-reactive ketones (excluding diaryl/α,β-unsaturated/α-hetero) is 1. The molecule has 0 saturated carbocycles. The van der Waals surface area contributed by atoms with Crippen LogP contribution in [0.25, 0.3) is 0 Å². The molecule has 0 aromatic carbocycles. The van der Waals surface area contributed by atoms with Gasteiger partial charge in [-0.3, -0.25) is 9.59 Å². The Morgan fingerprint density at radius 3 is 2.13 bits per heavy atom. The number of rotatable bonds is 3. The first-order chi connectivity index (χ1) is 6.79. The van der Waals surface area contributed by atoms with Crippen LogP contribution in [0.15, 0.2) is 23.9 Å². The highest BCUT2D eigenvalue weighted by atomic mass is 35.6. The standard InChI is InChI=1S/C9H10Cl3NO2/c1-3-4-7(6(2)14)5-13-8(15)9(10,11)12/h3-5H,1-2H3,(H,13,15)/b4-3+,7-5+. The molecule has 0 bridgehead atoms. The van der Waals surface area contributed by atoms with Crippen molar-refractivity contribution in [2.45, 2.75) is 17.6 Å². The average Bonchev–Trinajstić information content (AvgIpc) is 2.09. The van der Waals surface area contributed by atoms with Crippen LogP contribution < -0.4 is 5.32 Å². The van der Waals surface area contributed by atoms with E-state index < -0.39 is 9.70 Å². The number of carbonyl (C=O) groups excluding carboxylic acids is 2. The minimum absolute atomic E-state index is 0.197. The molecule has 0 spiro atoms. The van der Waals surface area contributed by atoms with E-state index in [0.717, 1.165) is 0 Å². The van der Waals surface area contributed by atoms with Gasteiger partial charge in [-0.2, -0.15) is 0 Å². The smallest absolute Gasteiger partial charge is 0.276 e. The van der Waals surface area contributed by atoms with Crippen LogP contribution in [0, 0.1) is 0 Å². The lowest BCUT2D eigenvalue weighted by atomic mass is 10.2. The topological polar surface area (TPSA) is 46.2 Å². The zero-order valence-electron chi connectivity index (χ0n) is 8.18. The summed E-state index contributed by atoms with van der Waals surface area (Å²) >= 11 is 15.9. The summed E-state index contributed by atoms with van der Waals surface area (Å²) in [6, 6.07) is 0. The normalized spacial score (nSPS) is 13.0. The third kappa shape index (κ3) is 5.82. The Hall–Kier alpha value is -0.510. The number of nitrogens with one attached hydrogen (secondary N) is 1. The largest absolute Gasteiger partial charge is 0.328 e. The Labute approximate surface area is 103 Å². The van der Waals surface area contributed by atoms with Crippen molar-refractivity contribution < 1.29 is 9.59 Å². The van der Waals surface area contributed by atoms with Crippen molar-refractivity contribution in [3.05, 3.63) is 23.9 Å². The maximum Gasteiger partial charge on any atom is 0.276 e. The molecule has 0 fully saturated rings. The van der Waals surface area contributed by atoms with E-state index in [1.54, 1.807) is 19.1 Å². The number of hydrogen-bond acceptors (Lipinski definition) is 2. The van der Waals surface area contributed by atoms with Crippen molar-refractivity contribution in [1.82, 2.24) is 5.32 Å². The van der Waals surface area contributed by atoms with E-state index in [-0.39, 0.29) is 5.78 Å². The molecule has 1 amide bonds. The molecule has 1 N–H and O–H groups in total. The molecule has 0 aromatic rings. The number of alkyl halides is 3. The first-order valence-corrected chi connectivity index (χ1v) is 5.14. The van der Waals surface area contributed by atoms with Gasteiger partial charge in [0.2, 0.25) is 0 Å². The first-order valence-electron chi connectivity index (χ1n) is 4.00. The molecule has 6 heteroatoms. The lowest BCUT2D eigenvalue weighted by Gasteiger charge is -2.08. The Bertz CT molecular complexity index is 316. The van der Waals surface area contributed by atoms with Gasteiger partial charge in [0.25, 0.3) is 9.70 Å². The van der Waals surface area contributed by atoms with E-state index in [1.807, 2.05) is 0 Å².